The van der Waals surface area contributed by atoms with Crippen LogP contribution in [0.1, 0.15) is 74.9 Å². The van der Waals surface area contributed by atoms with E-state index in [0.29, 0.717) is 36.6 Å². The van der Waals surface area contributed by atoms with Gasteiger partial charge in [-0.1, -0.05) is 0 Å². The van der Waals surface area contributed by atoms with Crippen molar-refractivity contribution in [1.82, 2.24) is 0 Å². The molecule has 0 heterocycles. The topological polar surface area (TPSA) is 0 Å². The van der Waals surface area contributed by atoms with Crippen LogP contribution in [0, 0.1) is 41.5 Å². The zero-order valence-corrected chi connectivity index (χ0v) is 92.9. The van der Waals surface area contributed by atoms with Crippen molar-refractivity contribution in [3.8, 4) is 0 Å². The van der Waals surface area contributed by atoms with Crippen LogP contribution in [0.3, 0.4) is 0 Å². The molecule has 2 aromatic rings. The minimum atomic E-state index is -6.68. The summed E-state index contributed by atoms with van der Waals surface area (Å²) in [7, 11) is 0. The molecule has 0 saturated heterocycles. The second-order valence-electron chi connectivity index (χ2n) is 34.0. The van der Waals surface area contributed by atoms with E-state index in [2.05, 4.69) is 0 Å². The molecule has 0 nitrogen and oxygen atoms in total. The van der Waals surface area contributed by atoms with Crippen molar-refractivity contribution in [3.05, 3.63) is 57.6 Å². The molecule has 0 aliphatic rings. The van der Waals surface area contributed by atoms with Gasteiger partial charge in [-0.3, -0.25) is 0 Å². The molecule has 0 aromatic heterocycles. The monoisotopic (exact) mass is 2930 g/mol. The molecule has 89 heavy (non-hydrogen) atoms. The summed E-state index contributed by atoms with van der Waals surface area (Å²) < 4.78 is 298. The summed E-state index contributed by atoms with van der Waals surface area (Å²) >= 11 is -56.0. The van der Waals surface area contributed by atoms with Crippen molar-refractivity contribution < 1.29 is 63.8 Å². The second kappa shape index (κ2) is 31.0. The Hall–Kier alpha value is 6.00. The van der Waals surface area contributed by atoms with Crippen LogP contribution in [-0.2, 0) is 0 Å². The van der Waals surface area contributed by atoms with Gasteiger partial charge in [0.25, 0.3) is 0 Å². The van der Waals surface area contributed by atoms with Crippen LogP contribution in [-0.4, -0.2) is 207 Å². The Bertz CT molecular complexity index is 2210. The van der Waals surface area contributed by atoms with Gasteiger partial charge in [-0.2, -0.15) is 0 Å². The van der Waals surface area contributed by atoms with Gasteiger partial charge >= 0.3 is 565 Å². The van der Waals surface area contributed by atoms with E-state index in [1.807, 2.05) is 38.1 Å². The molecule has 0 saturated carbocycles. The van der Waals surface area contributed by atoms with Gasteiger partial charge in [0.2, 0.25) is 0 Å². The number of hydrogen-bond acceptors (Lipinski definition) is 0. The molecule has 566 valence electrons. The van der Waals surface area contributed by atoms with E-state index in [4.69, 9.17) is 0 Å². The summed E-state index contributed by atoms with van der Waals surface area (Å²) in [6, 6.07) is 7.39. The van der Waals surface area contributed by atoms with E-state index in [9.17, 15) is 63.8 Å². The molecule has 34 heteroatoms. The molecule has 0 aliphatic heterocycles. The summed E-state index contributed by atoms with van der Waals surface area (Å²) in [5.74, 6) is 0. The van der Waals surface area contributed by atoms with Gasteiger partial charge in [0, 0.05) is 0 Å². The van der Waals surface area contributed by atoms with Gasteiger partial charge in [-0.05, 0) is 0 Å². The Kier molecular flexibility index (Phi) is 39.5. The molecular formula is C55H127Bi4F23Sb4Te3. The van der Waals surface area contributed by atoms with Crippen LogP contribution in [0.25, 0.3) is 0 Å². The maximum atomic E-state index is 14.0. The number of halogens is 23. The fourth-order valence-corrected chi connectivity index (χ4v) is 18.3. The summed E-state index contributed by atoms with van der Waals surface area (Å²) in [6.07, 6.45) is 0. The molecule has 0 unspecified atom stereocenters. The molecule has 0 N–H and O–H groups in total. The summed E-state index contributed by atoms with van der Waals surface area (Å²) in [4.78, 5) is 18.8. The fourth-order valence-electron chi connectivity index (χ4n) is 4.29. The molecule has 0 radical (unpaired) electrons. The molecule has 0 bridgehead atoms. The molecule has 0 aliphatic carbocycles. The van der Waals surface area contributed by atoms with Crippen LogP contribution >= 0.6 is 0 Å². The number of hydrogen-bond donors (Lipinski definition) is 0. The van der Waals surface area contributed by atoms with Crippen molar-refractivity contribution in [2.75, 3.05) is 0 Å². The van der Waals surface area contributed by atoms with E-state index >= 15 is 0 Å². The molecular weight excluding hydrogens is 2800 g/mol. The van der Waals surface area contributed by atoms with Crippen molar-refractivity contribution in [2.24, 2.45) is 0 Å². The first-order valence-electron chi connectivity index (χ1n) is 26.6. The Morgan fingerprint density at radius 1 is 0.382 bits per heavy atom. The third-order valence-corrected chi connectivity index (χ3v) is 46.2. The minimum absolute atomic E-state index is 0.350. The Morgan fingerprint density at radius 3 is 0.573 bits per heavy atom. The zero-order chi connectivity index (χ0) is 77.3. The van der Waals surface area contributed by atoms with Crippen molar-refractivity contribution in [2.45, 2.75) is 229 Å². The summed E-state index contributed by atoms with van der Waals surface area (Å²) in [5, 5.41) is 0. The predicted molar refractivity (Wildman–Crippen MR) is 379 cm³/mol. The first-order valence-corrected chi connectivity index (χ1v) is 138. The van der Waals surface area contributed by atoms with E-state index in [1.165, 1.54) is 18.5 Å². The molecule has 2 rings (SSSR count). The second-order valence-corrected chi connectivity index (χ2v) is 201. The van der Waals surface area contributed by atoms with Gasteiger partial charge in [-0.15, -0.1) is 0 Å². The van der Waals surface area contributed by atoms with Gasteiger partial charge in [0.15, 0.2) is 0 Å². The number of aryl methyl sites for hydroxylation is 6. The van der Waals surface area contributed by atoms with Crippen LogP contribution < -0.4 is 6.78 Å². The zero-order valence-electron chi connectivity index (χ0n) is 61.8. The third-order valence-electron chi connectivity index (χ3n) is 8.20. The molecule has 2 aromatic carbocycles. The SMILES string of the molecule is C[C](C)(C)[Bi]([CH3])([CH3])([F])[F].C[C](C)(C)[Sb]([CH3])([CH3])([F])[F].C[Te](C)(C)(F)(F)F.C[Te](C)(C)(F)(F)F.C[Te](C)(C)F.Cc1cc(C)[c]([Bi]([CH3])([CH3])([F])[F])c(C)c1.Cc1cc(C)[c]([Sb]([CH3])([CH3])([F])[F])c(C)c1.[CH3][Bi]([CH3])([CH3])([F])[F].[CH3][Bi]([CH3])([CH3])([F])[F].[CH3][Sb]([CH3])([CH3])([F])[F].[CH3][Sb]([CH3])([CH3])([F])[F]. The predicted octanol–water partition coefficient (Wildman–Crippen LogP) is 29.5. The standard InChI is InChI=1S/2C9H11.2C4H9.2C3H9F3Te.C3H9FTe.20CH3.4Bi.16FH.4Sb/c2*1-7-4-8(2)6-9(3)5-7;2*1-4(2)3;2*1-7(2,3,4,5)6;1-5(2,3)4;;;;;;;;;;;;;;;;;;;;;;;;;;;;;;;;;;;;;;;;;;;;/h2*4-5H,1-3H3;2*1-3H3;2*1-3H3;1-3H3;20*1H3;;;;;16*1H;;;;/q;;;;;;;;;;;;;;;;;;;;;;;;;;;4*+2;;;;;;;;;;;;;;;;;4*+2/p-16. The van der Waals surface area contributed by atoms with Crippen LogP contribution in [0.15, 0.2) is 24.3 Å². The Balaban J connectivity index is -0.000000115. The first kappa shape index (κ1) is 114. The van der Waals surface area contributed by atoms with Gasteiger partial charge < -0.3 is 0 Å². The quantitative estimate of drug-likeness (QED) is 0.208. The number of benzene rings is 2. The van der Waals surface area contributed by atoms with E-state index in [-0.39, 0.29) is 0 Å². The van der Waals surface area contributed by atoms with Crippen LogP contribution in [0.4, 0.5) is 63.8 Å². The summed E-state index contributed by atoms with van der Waals surface area (Å²) in [5.41, 5.74) is 5.12. The van der Waals surface area contributed by atoms with Crippen molar-refractivity contribution in [3.63, 3.8) is 0 Å². The molecule has 0 atom stereocenters. The van der Waals surface area contributed by atoms with E-state index < -0.39 is 214 Å². The van der Waals surface area contributed by atoms with Gasteiger partial charge in [0.05, 0.1) is 0 Å². The van der Waals surface area contributed by atoms with Crippen molar-refractivity contribution >= 4 is 214 Å². The van der Waals surface area contributed by atoms with Crippen LogP contribution in [0.2, 0.25) is 146 Å². The first-order chi connectivity index (χ1) is 35.0. The molecule has 0 spiro atoms. The molecule has 0 fully saturated rings. The summed E-state index contributed by atoms with van der Waals surface area (Å²) in [6.45, 7) is 20.8. The Morgan fingerprint density at radius 2 is 0.494 bits per heavy atom. The van der Waals surface area contributed by atoms with Crippen molar-refractivity contribution in [1.29, 1.82) is 0 Å². The maximum absolute atomic E-state index is 14.0. The molecule has 0 amide bonds. The average Bonchev–Trinajstić information content (AvgIpc) is 2.85. The average molecular weight is 2930 g/mol. The van der Waals surface area contributed by atoms with Gasteiger partial charge in [-0.25, -0.2) is 0 Å². The van der Waals surface area contributed by atoms with Gasteiger partial charge in [0.1, 0.15) is 0 Å². The fraction of sp³-hybridized carbons (Fsp3) is 0.782. The normalized spacial score (nSPS) is 18.2. The van der Waals surface area contributed by atoms with E-state index in [0.717, 1.165) is 110 Å². The third kappa shape index (κ3) is 131. The van der Waals surface area contributed by atoms with E-state index in [1.54, 1.807) is 84.2 Å². The Labute approximate surface area is 554 Å². The number of rotatable bonds is 2. The van der Waals surface area contributed by atoms with Crippen LogP contribution in [0.5, 0.6) is 0 Å².